The van der Waals surface area contributed by atoms with E-state index in [0.717, 1.165) is 0 Å². The molecular weight excluding hydrogens is 542 g/mol. The number of pyridine rings is 1. The molecule has 2 N–H and O–H groups in total. The molecule has 6 atom stereocenters. The molecule has 3 fully saturated rings. The number of aromatic nitrogens is 3. The predicted octanol–water partition coefficient (Wildman–Crippen LogP) is 2.36. The quantitative estimate of drug-likeness (QED) is 0.413. The maximum atomic E-state index is 15.3. The highest BCUT2D eigenvalue weighted by atomic mass is 32.2. The summed E-state index contributed by atoms with van der Waals surface area (Å²) in [4.78, 5) is 32.3. The van der Waals surface area contributed by atoms with Gasteiger partial charge in [0.15, 0.2) is 23.8 Å². The van der Waals surface area contributed by atoms with Crippen LogP contribution in [0.5, 0.6) is 5.88 Å². The van der Waals surface area contributed by atoms with Gasteiger partial charge in [-0.1, -0.05) is 24.6 Å². The summed E-state index contributed by atoms with van der Waals surface area (Å²) in [6, 6.07) is 1.30. The highest BCUT2D eigenvalue weighted by Crippen LogP contribution is 2.70. The second-order valence-corrected chi connectivity index (χ2v) is 11.6. The van der Waals surface area contributed by atoms with Gasteiger partial charge in [-0.25, -0.2) is 19.3 Å². The van der Waals surface area contributed by atoms with Crippen LogP contribution < -0.4 is 10.5 Å². The zero-order valence-corrected chi connectivity index (χ0v) is 22.5. The Morgan fingerprint density at radius 1 is 1.32 bits per heavy atom. The topological polar surface area (TPSA) is 125 Å². The number of terminal acetylenes is 1. The van der Waals surface area contributed by atoms with Crippen LogP contribution in [0, 0.1) is 30.1 Å². The number of amides is 1. The van der Waals surface area contributed by atoms with E-state index >= 15 is 8.78 Å². The second kappa shape index (κ2) is 9.79. The van der Waals surface area contributed by atoms with Crippen LogP contribution in [-0.4, -0.2) is 74.4 Å². The van der Waals surface area contributed by atoms with Gasteiger partial charge in [-0.05, 0) is 30.5 Å². The van der Waals surface area contributed by atoms with Gasteiger partial charge in [0.1, 0.15) is 10.4 Å². The minimum Gasteiger partial charge on any atom is -0.463 e. The molecule has 1 aliphatic carbocycles. The molecule has 0 unspecified atom stereocenters. The van der Waals surface area contributed by atoms with E-state index in [9.17, 15) is 4.79 Å². The second-order valence-electron chi connectivity index (χ2n) is 10.3. The minimum absolute atomic E-state index is 0.00846. The third-order valence-electron chi connectivity index (χ3n) is 7.95. The van der Waals surface area contributed by atoms with Gasteiger partial charge in [-0.2, -0.15) is 4.39 Å². The monoisotopic (exact) mass is 568 g/mol. The molecule has 2 aromatic heterocycles. The summed E-state index contributed by atoms with van der Waals surface area (Å²) in [5.74, 6) is 0.311. The number of nitrogens with two attached hydrogens (primary N) is 1. The summed E-state index contributed by atoms with van der Waals surface area (Å²) in [5, 5.41) is 0.173. The molecule has 13 heteroatoms. The molecule has 40 heavy (non-hydrogen) atoms. The number of fused-ring (bicyclic) bond motifs is 3. The van der Waals surface area contributed by atoms with Crippen molar-refractivity contribution in [1.82, 2.24) is 19.9 Å². The third-order valence-corrected chi connectivity index (χ3v) is 9.39. The van der Waals surface area contributed by atoms with Crippen LogP contribution in [0.3, 0.4) is 0 Å². The number of nitrogens with zero attached hydrogens (tertiary/aromatic N) is 5. The number of hydrogen-bond donors (Lipinski definition) is 1. The molecule has 3 aliphatic heterocycles. The Morgan fingerprint density at radius 2 is 2.15 bits per heavy atom. The first-order valence-corrected chi connectivity index (χ1v) is 13.5. The largest absolute Gasteiger partial charge is 0.463 e. The number of ether oxygens (including phenoxy) is 3. The predicted molar refractivity (Wildman–Crippen MR) is 143 cm³/mol. The number of halogens is 2. The smallest absolute Gasteiger partial charge is 0.242 e. The van der Waals surface area contributed by atoms with Gasteiger partial charge in [-0.15, -0.1) is 6.42 Å². The summed E-state index contributed by atoms with van der Waals surface area (Å²) in [5.41, 5.74) is 5.42. The average molecular weight is 569 g/mol. The number of thioether (sulfide) groups is 1. The van der Waals surface area contributed by atoms with Gasteiger partial charge in [0, 0.05) is 17.7 Å². The fourth-order valence-corrected chi connectivity index (χ4v) is 7.70. The first kappa shape index (κ1) is 26.6. The number of carbonyl (C=O) groups excluding carboxylic acids is 1. The van der Waals surface area contributed by atoms with Crippen molar-refractivity contribution in [3.63, 3.8) is 0 Å². The van der Waals surface area contributed by atoms with Crippen LogP contribution in [-0.2, 0) is 19.8 Å². The Hall–Kier alpha value is -3.60. The summed E-state index contributed by atoms with van der Waals surface area (Å²) >= 11 is 1.21. The molecule has 1 amide bonds. The van der Waals surface area contributed by atoms with E-state index in [1.54, 1.807) is 11.8 Å². The lowest BCUT2D eigenvalue weighted by Crippen LogP contribution is -2.55. The van der Waals surface area contributed by atoms with Crippen LogP contribution >= 0.6 is 11.8 Å². The zero-order chi connectivity index (χ0) is 28.2. The molecule has 4 aliphatic rings. The van der Waals surface area contributed by atoms with E-state index in [0.29, 0.717) is 19.8 Å². The van der Waals surface area contributed by atoms with Gasteiger partial charge < -0.3 is 24.8 Å². The van der Waals surface area contributed by atoms with Gasteiger partial charge in [0.25, 0.3) is 0 Å². The summed E-state index contributed by atoms with van der Waals surface area (Å²) in [6.07, 6.45) is 9.53. The third kappa shape index (κ3) is 4.13. The normalized spacial score (nSPS) is 32.6. The van der Waals surface area contributed by atoms with Crippen molar-refractivity contribution in [2.45, 2.75) is 36.4 Å². The SMILES string of the molecule is C#CCOc1cnc(/C(F)=C/c2cnc(F)c([C@@]3(C)N=C(N)S[C@]4(C(=O)N5[C@@H]6COC[C@@H]5OC6)[C@H]3[C@@H]4C)c2)cn1. The number of amidine groups is 1. The number of carbonyl (C=O) groups is 1. The number of morpholine rings is 1. The van der Waals surface area contributed by atoms with E-state index in [-0.39, 0.29) is 58.3 Å². The van der Waals surface area contributed by atoms with E-state index in [4.69, 9.17) is 26.4 Å². The first-order valence-electron chi connectivity index (χ1n) is 12.7. The van der Waals surface area contributed by atoms with E-state index in [2.05, 4.69) is 25.9 Å². The Labute approximate surface area is 233 Å². The summed E-state index contributed by atoms with van der Waals surface area (Å²) in [6.45, 7) is 4.79. The van der Waals surface area contributed by atoms with Crippen molar-refractivity contribution >= 4 is 34.7 Å². The van der Waals surface area contributed by atoms with Crippen molar-refractivity contribution in [2.75, 3.05) is 26.4 Å². The number of rotatable bonds is 6. The fraction of sp³-hybridized carbons (Fsp3) is 0.444. The Bertz CT molecular complexity index is 1450. The van der Waals surface area contributed by atoms with Crippen LogP contribution in [0.2, 0.25) is 0 Å². The zero-order valence-electron chi connectivity index (χ0n) is 21.7. The Balaban J connectivity index is 1.31. The van der Waals surface area contributed by atoms with E-state index in [1.165, 1.54) is 42.5 Å². The van der Waals surface area contributed by atoms with Crippen molar-refractivity contribution < 1.29 is 27.8 Å². The lowest BCUT2D eigenvalue weighted by molar-refractivity contribution is -0.149. The standard InChI is InChI=1S/C27H26F2N6O4S/c1-4-5-38-20-10-31-19(9-32-20)18(28)7-15-6-17(23(29)33-8-15)26(3)22-14(2)27(22,40-25(30)34-26)24(36)35-16-11-37-13-21(35)39-12-16/h1,6-10,14,16,21-22H,5,11-13H2,2-3H3,(H2,30,34)/b18-7-/t14-,16+,21-,22-,26+,27-/m0/s1. The van der Waals surface area contributed by atoms with Crippen LogP contribution in [0.1, 0.15) is 30.7 Å². The van der Waals surface area contributed by atoms with Crippen LogP contribution in [0.25, 0.3) is 11.9 Å². The Kier molecular flexibility index (Phi) is 6.52. The van der Waals surface area contributed by atoms with Crippen molar-refractivity contribution in [1.29, 1.82) is 0 Å². The molecule has 2 saturated heterocycles. The lowest BCUT2D eigenvalue weighted by atomic mass is 9.85. The highest BCUT2D eigenvalue weighted by molar-refractivity contribution is 8.15. The van der Waals surface area contributed by atoms with Crippen molar-refractivity contribution in [3.05, 3.63) is 47.4 Å². The maximum Gasteiger partial charge on any atom is 0.242 e. The lowest BCUT2D eigenvalue weighted by Gasteiger charge is -2.38. The van der Waals surface area contributed by atoms with Crippen LogP contribution in [0.4, 0.5) is 8.78 Å². The Morgan fingerprint density at radius 3 is 2.88 bits per heavy atom. The molecule has 208 valence electrons. The van der Waals surface area contributed by atoms with Crippen LogP contribution in [0.15, 0.2) is 29.6 Å². The van der Waals surface area contributed by atoms with Gasteiger partial charge in [-0.3, -0.25) is 9.79 Å². The summed E-state index contributed by atoms with van der Waals surface area (Å²) in [7, 11) is 0. The molecule has 0 spiro atoms. The maximum absolute atomic E-state index is 15.3. The molecule has 5 heterocycles. The first-order chi connectivity index (χ1) is 19.2. The fourth-order valence-electron chi connectivity index (χ4n) is 6.11. The van der Waals surface area contributed by atoms with Crippen molar-refractivity contribution in [2.24, 2.45) is 22.6 Å². The molecule has 10 nitrogen and oxygen atoms in total. The molecular formula is C27H26F2N6O4S. The molecule has 0 radical (unpaired) electrons. The number of hydrogen-bond acceptors (Lipinski definition) is 10. The van der Waals surface area contributed by atoms with Gasteiger partial charge in [0.05, 0.1) is 43.8 Å². The molecule has 1 saturated carbocycles. The molecule has 0 aromatic carbocycles. The average Bonchev–Trinajstić information content (AvgIpc) is 3.48. The summed E-state index contributed by atoms with van der Waals surface area (Å²) < 4.78 is 46.0. The molecule has 2 bridgehead atoms. The van der Waals surface area contributed by atoms with Gasteiger partial charge >= 0.3 is 0 Å². The minimum atomic E-state index is -1.22. The molecule has 2 aromatic rings. The van der Waals surface area contributed by atoms with Crippen molar-refractivity contribution in [3.8, 4) is 18.2 Å². The highest BCUT2D eigenvalue weighted by Gasteiger charge is 2.77. The van der Waals surface area contributed by atoms with Gasteiger partial charge in [0.2, 0.25) is 17.7 Å². The van der Waals surface area contributed by atoms with E-state index in [1.807, 2.05) is 6.92 Å². The molecule has 6 rings (SSSR count). The van der Waals surface area contributed by atoms with E-state index < -0.39 is 28.3 Å². The number of aliphatic imine (C=N–C) groups is 1.